The van der Waals surface area contributed by atoms with Crippen LogP contribution in [0, 0.1) is 11.8 Å². The van der Waals surface area contributed by atoms with Gasteiger partial charge in [0.05, 0.1) is 5.75 Å². The van der Waals surface area contributed by atoms with Crippen molar-refractivity contribution < 1.29 is 4.79 Å². The average Bonchev–Trinajstić information content (AvgIpc) is 3.41. The van der Waals surface area contributed by atoms with Gasteiger partial charge in [0.15, 0.2) is 5.16 Å². The third-order valence-corrected chi connectivity index (χ3v) is 5.32. The second-order valence-electron chi connectivity index (χ2n) is 8.09. The van der Waals surface area contributed by atoms with Crippen molar-refractivity contribution in [3.8, 4) is 0 Å². The van der Waals surface area contributed by atoms with E-state index in [2.05, 4.69) is 42.5 Å². The topological polar surface area (TPSA) is 51.0 Å². The summed E-state index contributed by atoms with van der Waals surface area (Å²) in [6.07, 6.45) is 4.94. The molecule has 134 valence electrons. The first kappa shape index (κ1) is 17.8. The molecule has 1 amide bonds. The van der Waals surface area contributed by atoms with E-state index in [9.17, 15) is 4.79 Å². The summed E-state index contributed by atoms with van der Waals surface area (Å²) < 4.78 is 2.32. The van der Waals surface area contributed by atoms with E-state index in [4.69, 9.17) is 0 Å². The van der Waals surface area contributed by atoms with Crippen LogP contribution in [0.3, 0.4) is 0 Å². The summed E-state index contributed by atoms with van der Waals surface area (Å²) in [5.74, 6) is 3.45. The number of aromatic nitrogens is 3. The molecule has 6 heteroatoms. The molecule has 2 aliphatic rings. The molecule has 1 heterocycles. The molecule has 2 fully saturated rings. The van der Waals surface area contributed by atoms with Crippen LogP contribution in [0.25, 0.3) is 0 Å². The zero-order valence-electron chi connectivity index (χ0n) is 15.4. The van der Waals surface area contributed by atoms with Crippen molar-refractivity contribution >= 4 is 17.7 Å². The van der Waals surface area contributed by atoms with Gasteiger partial charge in [0.25, 0.3) is 0 Å². The maximum Gasteiger partial charge on any atom is 0.233 e. The Labute approximate surface area is 149 Å². The monoisotopic (exact) mass is 350 g/mol. The van der Waals surface area contributed by atoms with E-state index in [0.29, 0.717) is 29.5 Å². The normalized spacial score (nSPS) is 17.8. The zero-order valence-corrected chi connectivity index (χ0v) is 16.2. The lowest BCUT2D eigenvalue weighted by Crippen LogP contribution is -2.38. The SMILES string of the molecule is CC(C)CN(CC(C)C)C(=O)CSc1nnc(C2CC2)n1C1CC1. The summed E-state index contributed by atoms with van der Waals surface area (Å²) in [6, 6.07) is 0.579. The van der Waals surface area contributed by atoms with Gasteiger partial charge in [-0.05, 0) is 37.5 Å². The predicted octanol–water partition coefficient (Wildman–Crippen LogP) is 3.72. The molecule has 0 aromatic carbocycles. The molecule has 24 heavy (non-hydrogen) atoms. The molecule has 0 spiro atoms. The molecule has 2 saturated carbocycles. The van der Waals surface area contributed by atoms with Gasteiger partial charge in [-0.1, -0.05) is 39.5 Å². The van der Waals surface area contributed by atoms with Gasteiger partial charge in [-0.15, -0.1) is 10.2 Å². The Bertz CT molecular complexity index is 566. The highest BCUT2D eigenvalue weighted by atomic mass is 32.2. The highest BCUT2D eigenvalue weighted by Crippen LogP contribution is 2.45. The Morgan fingerprint density at radius 2 is 1.75 bits per heavy atom. The van der Waals surface area contributed by atoms with Crippen LogP contribution in [0.5, 0.6) is 0 Å². The predicted molar refractivity (Wildman–Crippen MR) is 97.2 cm³/mol. The van der Waals surface area contributed by atoms with Crippen LogP contribution in [0.15, 0.2) is 5.16 Å². The summed E-state index contributed by atoms with van der Waals surface area (Å²) in [5.41, 5.74) is 0. The molecule has 2 aliphatic carbocycles. The fourth-order valence-corrected chi connectivity index (χ4v) is 3.98. The van der Waals surface area contributed by atoms with Crippen LogP contribution in [0.2, 0.25) is 0 Å². The van der Waals surface area contributed by atoms with Gasteiger partial charge >= 0.3 is 0 Å². The number of thioether (sulfide) groups is 1. The van der Waals surface area contributed by atoms with Gasteiger partial charge in [-0.2, -0.15) is 0 Å². The number of hydrogen-bond acceptors (Lipinski definition) is 4. The average molecular weight is 351 g/mol. The molecule has 5 nitrogen and oxygen atoms in total. The molecular weight excluding hydrogens is 320 g/mol. The quantitative estimate of drug-likeness (QED) is 0.637. The van der Waals surface area contributed by atoms with Crippen LogP contribution in [-0.4, -0.2) is 44.4 Å². The highest BCUT2D eigenvalue weighted by Gasteiger charge is 2.36. The number of hydrogen-bond donors (Lipinski definition) is 0. The van der Waals surface area contributed by atoms with Crippen LogP contribution in [-0.2, 0) is 4.79 Å². The van der Waals surface area contributed by atoms with Gasteiger partial charge in [0, 0.05) is 25.0 Å². The first-order valence-electron chi connectivity index (χ1n) is 9.31. The van der Waals surface area contributed by atoms with Crippen molar-refractivity contribution in [3.05, 3.63) is 5.82 Å². The molecule has 0 unspecified atom stereocenters. The van der Waals surface area contributed by atoms with Gasteiger partial charge in [0.2, 0.25) is 5.91 Å². The molecular formula is C18H30N4OS. The van der Waals surface area contributed by atoms with Gasteiger partial charge in [0.1, 0.15) is 5.82 Å². The maximum absolute atomic E-state index is 12.7. The van der Waals surface area contributed by atoms with Crippen LogP contribution < -0.4 is 0 Å². The lowest BCUT2D eigenvalue weighted by molar-refractivity contribution is -0.129. The van der Waals surface area contributed by atoms with Crippen molar-refractivity contribution in [1.29, 1.82) is 0 Å². The van der Waals surface area contributed by atoms with Crippen LogP contribution in [0.1, 0.15) is 71.2 Å². The van der Waals surface area contributed by atoms with Crippen molar-refractivity contribution in [2.75, 3.05) is 18.8 Å². The summed E-state index contributed by atoms with van der Waals surface area (Å²) >= 11 is 1.57. The van der Waals surface area contributed by atoms with Gasteiger partial charge in [-0.25, -0.2) is 0 Å². The molecule has 0 atom stereocenters. The van der Waals surface area contributed by atoms with E-state index in [1.165, 1.54) is 25.7 Å². The molecule has 1 aromatic rings. The smallest absolute Gasteiger partial charge is 0.233 e. The standard InChI is InChI=1S/C18H30N4OS/c1-12(2)9-21(10-13(3)4)16(23)11-24-18-20-19-17(14-5-6-14)22(18)15-7-8-15/h12-15H,5-11H2,1-4H3. The van der Waals surface area contributed by atoms with Gasteiger partial charge in [-0.3, -0.25) is 4.79 Å². The molecule has 0 bridgehead atoms. The van der Waals surface area contributed by atoms with E-state index in [0.717, 1.165) is 24.1 Å². The lowest BCUT2D eigenvalue weighted by atomic mass is 10.1. The van der Waals surface area contributed by atoms with Crippen molar-refractivity contribution in [2.24, 2.45) is 11.8 Å². The second-order valence-corrected chi connectivity index (χ2v) is 9.03. The minimum absolute atomic E-state index is 0.223. The number of carbonyl (C=O) groups is 1. The Morgan fingerprint density at radius 1 is 1.12 bits per heavy atom. The number of rotatable bonds is 9. The Kier molecular flexibility index (Phi) is 5.52. The summed E-state index contributed by atoms with van der Waals surface area (Å²) in [5, 5.41) is 9.77. The second kappa shape index (κ2) is 7.46. The molecule has 0 radical (unpaired) electrons. The van der Waals surface area contributed by atoms with Gasteiger partial charge < -0.3 is 9.47 Å². The number of amides is 1. The van der Waals surface area contributed by atoms with E-state index < -0.39 is 0 Å². The minimum atomic E-state index is 0.223. The van der Waals surface area contributed by atoms with E-state index in [1.54, 1.807) is 11.8 Å². The maximum atomic E-state index is 12.7. The van der Waals surface area contributed by atoms with Crippen LogP contribution in [0.4, 0.5) is 0 Å². The third kappa shape index (κ3) is 4.52. The first-order valence-corrected chi connectivity index (χ1v) is 10.3. The van der Waals surface area contributed by atoms with Crippen molar-refractivity contribution in [2.45, 2.75) is 70.5 Å². The fraction of sp³-hybridized carbons (Fsp3) is 0.833. The molecule has 0 saturated heterocycles. The Morgan fingerprint density at radius 3 is 2.25 bits per heavy atom. The number of carbonyl (C=O) groups excluding carboxylic acids is 1. The van der Waals surface area contributed by atoms with Crippen molar-refractivity contribution in [3.63, 3.8) is 0 Å². The Hall–Kier alpha value is -1.04. The zero-order chi connectivity index (χ0) is 17.3. The minimum Gasteiger partial charge on any atom is -0.341 e. The van der Waals surface area contributed by atoms with Crippen molar-refractivity contribution in [1.82, 2.24) is 19.7 Å². The molecule has 1 aromatic heterocycles. The largest absolute Gasteiger partial charge is 0.341 e. The lowest BCUT2D eigenvalue weighted by Gasteiger charge is -2.26. The summed E-state index contributed by atoms with van der Waals surface area (Å²) in [7, 11) is 0. The van der Waals surface area contributed by atoms with E-state index in [-0.39, 0.29) is 5.91 Å². The van der Waals surface area contributed by atoms with Crippen LogP contribution >= 0.6 is 11.8 Å². The molecule has 0 N–H and O–H groups in total. The highest BCUT2D eigenvalue weighted by molar-refractivity contribution is 7.99. The van der Waals surface area contributed by atoms with E-state index in [1.807, 2.05) is 4.90 Å². The first-order chi connectivity index (χ1) is 11.5. The molecule has 0 aliphatic heterocycles. The number of nitrogens with zero attached hydrogens (tertiary/aromatic N) is 4. The summed E-state index contributed by atoms with van der Waals surface area (Å²) in [6.45, 7) is 10.3. The van der Waals surface area contributed by atoms with E-state index >= 15 is 0 Å². The molecule has 3 rings (SSSR count). The third-order valence-electron chi connectivity index (χ3n) is 4.39. The fourth-order valence-electron chi connectivity index (χ4n) is 3.06. The Balaban J connectivity index is 1.62. The summed E-state index contributed by atoms with van der Waals surface area (Å²) in [4.78, 5) is 14.7.